The van der Waals surface area contributed by atoms with Crippen LogP contribution in [-0.2, 0) is 0 Å². The van der Waals surface area contributed by atoms with Crippen LogP contribution in [0.1, 0.15) is 10.4 Å². The van der Waals surface area contributed by atoms with Crippen LogP contribution in [-0.4, -0.2) is 25.1 Å². The number of aromatic nitrogens is 1. The van der Waals surface area contributed by atoms with Gasteiger partial charge in [0.2, 0.25) is 0 Å². The summed E-state index contributed by atoms with van der Waals surface area (Å²) in [5, 5.41) is 2.77. The third-order valence-corrected chi connectivity index (χ3v) is 2.51. The van der Waals surface area contributed by atoms with Crippen LogP contribution < -0.4 is 14.8 Å². The molecule has 2 rings (SSSR count). The molecule has 0 aliphatic rings. The number of hydrogen-bond donors (Lipinski definition) is 2. The minimum atomic E-state index is -0.206. The summed E-state index contributed by atoms with van der Waals surface area (Å²) in [5.41, 5.74) is 1.13. The van der Waals surface area contributed by atoms with Gasteiger partial charge in [-0.3, -0.25) is 4.79 Å². The second-order valence-corrected chi connectivity index (χ2v) is 3.62. The number of amides is 1. The average molecular weight is 246 g/mol. The molecule has 1 aromatic carbocycles. The number of anilines is 1. The molecule has 0 fully saturated rings. The van der Waals surface area contributed by atoms with Crippen LogP contribution in [0.25, 0.3) is 0 Å². The summed E-state index contributed by atoms with van der Waals surface area (Å²) >= 11 is 0. The Kier molecular flexibility index (Phi) is 3.52. The zero-order chi connectivity index (χ0) is 13.0. The quantitative estimate of drug-likeness (QED) is 0.870. The highest BCUT2D eigenvalue weighted by Crippen LogP contribution is 2.29. The summed E-state index contributed by atoms with van der Waals surface area (Å²) in [6.45, 7) is 0. The second-order valence-electron chi connectivity index (χ2n) is 3.62. The molecular weight excluding hydrogens is 232 g/mol. The van der Waals surface area contributed by atoms with E-state index in [-0.39, 0.29) is 5.91 Å². The molecule has 0 radical (unpaired) electrons. The number of carbonyl (C=O) groups excluding carboxylic acids is 1. The van der Waals surface area contributed by atoms with Crippen LogP contribution >= 0.6 is 0 Å². The van der Waals surface area contributed by atoms with E-state index in [0.29, 0.717) is 22.7 Å². The number of H-pyrrole nitrogens is 1. The molecule has 0 saturated heterocycles. The van der Waals surface area contributed by atoms with E-state index in [1.807, 2.05) is 0 Å². The molecule has 1 heterocycles. The van der Waals surface area contributed by atoms with Gasteiger partial charge in [-0.1, -0.05) is 0 Å². The SMILES string of the molecule is COc1ccc(OC)c(NC(=O)c2cc[nH]c2)c1. The molecule has 0 aliphatic carbocycles. The Labute approximate surface area is 105 Å². The Morgan fingerprint density at radius 2 is 2.06 bits per heavy atom. The van der Waals surface area contributed by atoms with Crippen molar-refractivity contribution >= 4 is 11.6 Å². The normalized spacial score (nSPS) is 9.89. The van der Waals surface area contributed by atoms with E-state index in [1.165, 1.54) is 0 Å². The van der Waals surface area contributed by atoms with Gasteiger partial charge >= 0.3 is 0 Å². The maximum Gasteiger partial charge on any atom is 0.257 e. The number of rotatable bonds is 4. The molecule has 5 nitrogen and oxygen atoms in total. The molecule has 2 N–H and O–H groups in total. The molecular formula is C13H14N2O3. The number of carbonyl (C=O) groups is 1. The van der Waals surface area contributed by atoms with E-state index >= 15 is 0 Å². The number of methoxy groups -OCH3 is 2. The first kappa shape index (κ1) is 12.0. The Morgan fingerprint density at radius 3 is 2.67 bits per heavy atom. The minimum absolute atomic E-state index is 0.206. The highest BCUT2D eigenvalue weighted by Gasteiger charge is 2.10. The zero-order valence-corrected chi connectivity index (χ0v) is 10.2. The molecule has 1 amide bonds. The molecule has 0 unspecified atom stereocenters. The number of hydrogen-bond acceptors (Lipinski definition) is 3. The molecule has 5 heteroatoms. The number of aromatic amines is 1. The minimum Gasteiger partial charge on any atom is -0.497 e. The molecule has 1 aromatic heterocycles. The first-order valence-corrected chi connectivity index (χ1v) is 5.40. The Morgan fingerprint density at radius 1 is 1.22 bits per heavy atom. The van der Waals surface area contributed by atoms with Gasteiger partial charge in [0.15, 0.2) is 0 Å². The molecule has 18 heavy (non-hydrogen) atoms. The van der Waals surface area contributed by atoms with Crippen LogP contribution in [0.4, 0.5) is 5.69 Å². The fraction of sp³-hybridized carbons (Fsp3) is 0.154. The highest BCUT2D eigenvalue weighted by molar-refractivity contribution is 6.05. The topological polar surface area (TPSA) is 63.4 Å². The number of nitrogens with one attached hydrogen (secondary N) is 2. The van der Waals surface area contributed by atoms with Gasteiger partial charge in [-0.15, -0.1) is 0 Å². The van der Waals surface area contributed by atoms with Gasteiger partial charge in [0, 0.05) is 18.5 Å². The average Bonchev–Trinajstić information content (AvgIpc) is 2.92. The molecule has 2 aromatic rings. The van der Waals surface area contributed by atoms with Crippen molar-refractivity contribution in [3.8, 4) is 11.5 Å². The lowest BCUT2D eigenvalue weighted by Gasteiger charge is -2.11. The summed E-state index contributed by atoms with van der Waals surface area (Å²) in [7, 11) is 3.12. The summed E-state index contributed by atoms with van der Waals surface area (Å²) < 4.78 is 10.3. The fourth-order valence-corrected chi connectivity index (χ4v) is 1.57. The van der Waals surface area contributed by atoms with Gasteiger partial charge in [-0.25, -0.2) is 0 Å². The van der Waals surface area contributed by atoms with Crippen molar-refractivity contribution in [1.82, 2.24) is 4.98 Å². The van der Waals surface area contributed by atoms with E-state index in [4.69, 9.17) is 9.47 Å². The molecule has 0 spiro atoms. The lowest BCUT2D eigenvalue weighted by atomic mass is 10.2. The number of benzene rings is 1. The van der Waals surface area contributed by atoms with E-state index in [0.717, 1.165) is 0 Å². The lowest BCUT2D eigenvalue weighted by molar-refractivity contribution is 0.102. The zero-order valence-electron chi connectivity index (χ0n) is 10.2. The lowest BCUT2D eigenvalue weighted by Crippen LogP contribution is -2.11. The third kappa shape index (κ3) is 2.45. The predicted molar refractivity (Wildman–Crippen MR) is 68.3 cm³/mol. The smallest absolute Gasteiger partial charge is 0.257 e. The first-order valence-electron chi connectivity index (χ1n) is 5.40. The van der Waals surface area contributed by atoms with Gasteiger partial charge in [-0.2, -0.15) is 0 Å². The van der Waals surface area contributed by atoms with Gasteiger partial charge in [0.05, 0.1) is 25.5 Å². The van der Waals surface area contributed by atoms with Crippen molar-refractivity contribution in [1.29, 1.82) is 0 Å². The van der Waals surface area contributed by atoms with E-state index in [9.17, 15) is 4.79 Å². The highest BCUT2D eigenvalue weighted by atomic mass is 16.5. The monoisotopic (exact) mass is 246 g/mol. The maximum atomic E-state index is 11.9. The Bertz CT molecular complexity index is 535. The van der Waals surface area contributed by atoms with Crippen molar-refractivity contribution in [2.75, 3.05) is 19.5 Å². The van der Waals surface area contributed by atoms with Gasteiger partial charge in [-0.05, 0) is 18.2 Å². The predicted octanol–water partition coefficient (Wildman–Crippen LogP) is 2.28. The van der Waals surface area contributed by atoms with Crippen molar-refractivity contribution in [2.24, 2.45) is 0 Å². The summed E-state index contributed by atoms with van der Waals surface area (Å²) in [4.78, 5) is 14.7. The molecule has 0 atom stereocenters. The molecule has 94 valence electrons. The maximum absolute atomic E-state index is 11.9. The summed E-state index contributed by atoms with van der Waals surface area (Å²) in [6.07, 6.45) is 3.32. The van der Waals surface area contributed by atoms with Crippen LogP contribution in [0, 0.1) is 0 Å². The second kappa shape index (κ2) is 5.27. The van der Waals surface area contributed by atoms with Crippen molar-refractivity contribution in [3.05, 3.63) is 42.2 Å². The van der Waals surface area contributed by atoms with Crippen molar-refractivity contribution < 1.29 is 14.3 Å². The van der Waals surface area contributed by atoms with Crippen LogP contribution in [0.2, 0.25) is 0 Å². The Hall–Kier alpha value is -2.43. The van der Waals surface area contributed by atoms with E-state index in [2.05, 4.69) is 10.3 Å². The van der Waals surface area contributed by atoms with Gasteiger partial charge in [0.1, 0.15) is 11.5 Å². The summed E-state index contributed by atoms with van der Waals surface area (Å²) in [6, 6.07) is 6.92. The van der Waals surface area contributed by atoms with Crippen molar-refractivity contribution in [3.63, 3.8) is 0 Å². The van der Waals surface area contributed by atoms with Gasteiger partial charge < -0.3 is 19.8 Å². The van der Waals surface area contributed by atoms with Crippen LogP contribution in [0.5, 0.6) is 11.5 Å². The fourth-order valence-electron chi connectivity index (χ4n) is 1.57. The standard InChI is InChI=1S/C13H14N2O3/c1-17-10-3-4-12(18-2)11(7-10)15-13(16)9-5-6-14-8-9/h3-8,14H,1-2H3,(H,15,16). The first-order chi connectivity index (χ1) is 8.74. The number of ether oxygens (including phenoxy) is 2. The molecule has 0 aliphatic heterocycles. The van der Waals surface area contributed by atoms with E-state index < -0.39 is 0 Å². The largest absolute Gasteiger partial charge is 0.497 e. The third-order valence-electron chi connectivity index (χ3n) is 2.51. The van der Waals surface area contributed by atoms with Gasteiger partial charge in [0.25, 0.3) is 5.91 Å². The summed E-state index contributed by atoms with van der Waals surface area (Å²) in [5.74, 6) is 1.03. The van der Waals surface area contributed by atoms with Crippen molar-refractivity contribution in [2.45, 2.75) is 0 Å². The Balaban J connectivity index is 2.24. The van der Waals surface area contributed by atoms with Crippen LogP contribution in [0.3, 0.4) is 0 Å². The molecule has 0 saturated carbocycles. The molecule has 0 bridgehead atoms. The van der Waals surface area contributed by atoms with E-state index in [1.54, 1.807) is 50.9 Å². The van der Waals surface area contributed by atoms with Crippen LogP contribution in [0.15, 0.2) is 36.7 Å².